The number of imide groups is 1. The van der Waals surface area contributed by atoms with E-state index in [2.05, 4.69) is 5.32 Å². The minimum atomic E-state index is -1.04. The van der Waals surface area contributed by atoms with E-state index in [0.717, 1.165) is 24.2 Å². The molecule has 28 heavy (non-hydrogen) atoms. The van der Waals surface area contributed by atoms with Crippen LogP contribution in [0.15, 0.2) is 24.3 Å². The molecule has 1 N–H and O–H groups in total. The number of esters is 1. The van der Waals surface area contributed by atoms with Crippen LogP contribution in [0.2, 0.25) is 5.02 Å². The third-order valence-electron chi connectivity index (χ3n) is 6.18. The van der Waals surface area contributed by atoms with Crippen LogP contribution in [0.3, 0.4) is 0 Å². The van der Waals surface area contributed by atoms with Gasteiger partial charge in [0, 0.05) is 0 Å². The lowest BCUT2D eigenvalue weighted by atomic mass is 9.81. The summed E-state index contributed by atoms with van der Waals surface area (Å²) in [5.74, 6) is -1.94. The van der Waals surface area contributed by atoms with E-state index in [1.54, 1.807) is 24.3 Å². The highest BCUT2D eigenvalue weighted by Crippen LogP contribution is 2.56. The van der Waals surface area contributed by atoms with Crippen LogP contribution in [0, 0.1) is 23.7 Å². The lowest BCUT2D eigenvalue weighted by molar-refractivity contribution is -0.159. The average molecular weight is 405 g/mol. The fourth-order valence-electron chi connectivity index (χ4n) is 4.93. The van der Waals surface area contributed by atoms with E-state index in [1.807, 2.05) is 0 Å². The maximum atomic E-state index is 12.8. The maximum Gasteiger partial charge on any atom is 0.329 e. The Morgan fingerprint density at radius 3 is 2.39 bits per heavy atom. The number of nitrogens with zero attached hydrogens (tertiary/aromatic N) is 1. The Morgan fingerprint density at radius 2 is 1.79 bits per heavy atom. The van der Waals surface area contributed by atoms with E-state index in [9.17, 15) is 19.2 Å². The number of hydrogen-bond acceptors (Lipinski definition) is 5. The van der Waals surface area contributed by atoms with Crippen LogP contribution in [0.4, 0.5) is 5.69 Å². The van der Waals surface area contributed by atoms with E-state index >= 15 is 0 Å². The number of carbonyl (C=O) groups excluding carboxylic acids is 4. The van der Waals surface area contributed by atoms with Gasteiger partial charge in [-0.3, -0.25) is 19.3 Å². The number of nitrogens with one attached hydrogen (secondary N) is 1. The highest BCUT2D eigenvalue weighted by atomic mass is 35.5. The Bertz CT molecular complexity index is 829. The summed E-state index contributed by atoms with van der Waals surface area (Å²) in [6, 6.07) is 5.65. The smallest absolute Gasteiger partial charge is 0.329 e. The van der Waals surface area contributed by atoms with Gasteiger partial charge in [0.15, 0.2) is 6.61 Å². The van der Waals surface area contributed by atoms with Crippen molar-refractivity contribution in [2.24, 2.45) is 23.7 Å². The molecule has 0 radical (unpaired) electrons. The summed E-state index contributed by atoms with van der Waals surface area (Å²) in [4.78, 5) is 50.9. The first kappa shape index (κ1) is 18.9. The standard InChI is InChI=1S/C20H21ClN2O5/c1-10(20(27)28-9-15(24)22-14-5-3-2-4-13(14)21)23-18(25)16-11-6-7-12(8-11)17(16)19(23)26/h2-5,10-12,16-17H,6-9H2,1H3,(H,22,24)/t10-,11+,12+,16-,17-/m1/s1. The van der Waals surface area contributed by atoms with Gasteiger partial charge >= 0.3 is 5.97 Å². The molecule has 1 aromatic rings. The first-order valence-electron chi connectivity index (χ1n) is 9.46. The van der Waals surface area contributed by atoms with E-state index < -0.39 is 24.5 Å². The van der Waals surface area contributed by atoms with Crippen molar-refractivity contribution in [3.63, 3.8) is 0 Å². The molecule has 3 amide bonds. The van der Waals surface area contributed by atoms with E-state index in [-0.39, 0.29) is 35.5 Å². The first-order chi connectivity index (χ1) is 13.4. The number of para-hydroxylation sites is 1. The molecule has 1 saturated heterocycles. The van der Waals surface area contributed by atoms with Crippen molar-refractivity contribution in [1.82, 2.24) is 4.90 Å². The van der Waals surface area contributed by atoms with Gasteiger partial charge in [0.2, 0.25) is 11.8 Å². The summed E-state index contributed by atoms with van der Waals surface area (Å²) < 4.78 is 5.04. The van der Waals surface area contributed by atoms with E-state index in [0.29, 0.717) is 10.7 Å². The SMILES string of the molecule is C[C@H](C(=O)OCC(=O)Nc1ccccc1Cl)N1C(=O)[C@@H]2[C@H]3CC[C@@H](C3)[C@H]2C1=O. The molecule has 148 valence electrons. The summed E-state index contributed by atoms with van der Waals surface area (Å²) >= 11 is 5.97. The molecule has 4 rings (SSSR count). The fourth-order valence-corrected chi connectivity index (χ4v) is 5.11. The van der Waals surface area contributed by atoms with Gasteiger partial charge in [-0.15, -0.1) is 0 Å². The molecule has 3 fully saturated rings. The molecule has 2 bridgehead atoms. The quantitative estimate of drug-likeness (QED) is 0.600. The van der Waals surface area contributed by atoms with Crippen molar-refractivity contribution in [3.05, 3.63) is 29.3 Å². The normalized spacial score (nSPS) is 29.0. The van der Waals surface area contributed by atoms with Crippen LogP contribution in [-0.4, -0.2) is 41.2 Å². The monoisotopic (exact) mass is 404 g/mol. The first-order valence-corrected chi connectivity index (χ1v) is 9.84. The lowest BCUT2D eigenvalue weighted by Gasteiger charge is -2.23. The molecule has 0 aromatic heterocycles. The number of anilines is 1. The minimum absolute atomic E-state index is 0.251. The van der Waals surface area contributed by atoms with Crippen molar-refractivity contribution in [2.75, 3.05) is 11.9 Å². The Labute approximate surface area is 167 Å². The zero-order chi connectivity index (χ0) is 20.0. The number of benzene rings is 1. The van der Waals surface area contributed by atoms with Gasteiger partial charge in [-0.05, 0) is 50.2 Å². The van der Waals surface area contributed by atoms with Gasteiger partial charge in [0.05, 0.1) is 22.5 Å². The maximum absolute atomic E-state index is 12.8. The van der Waals surface area contributed by atoms with Crippen LogP contribution < -0.4 is 5.32 Å². The van der Waals surface area contributed by atoms with Crippen LogP contribution in [-0.2, 0) is 23.9 Å². The largest absolute Gasteiger partial charge is 0.454 e. The zero-order valence-corrected chi connectivity index (χ0v) is 16.1. The zero-order valence-electron chi connectivity index (χ0n) is 15.4. The number of likely N-dealkylation sites (tertiary alicyclic amines) is 1. The number of halogens is 1. The number of hydrogen-bond donors (Lipinski definition) is 1. The summed E-state index contributed by atoms with van der Waals surface area (Å²) in [5, 5.41) is 2.91. The molecule has 1 aromatic carbocycles. The van der Waals surface area contributed by atoms with Crippen molar-refractivity contribution in [3.8, 4) is 0 Å². The molecule has 0 unspecified atom stereocenters. The summed E-state index contributed by atoms with van der Waals surface area (Å²) in [6.45, 7) is 0.940. The Kier molecular flexibility index (Phi) is 4.87. The van der Waals surface area contributed by atoms with Crippen LogP contribution in [0.1, 0.15) is 26.2 Å². The molecule has 8 heteroatoms. The van der Waals surface area contributed by atoms with Crippen LogP contribution in [0.25, 0.3) is 0 Å². The number of carbonyl (C=O) groups is 4. The predicted octanol–water partition coefficient (Wildman–Crippen LogP) is 2.24. The van der Waals surface area contributed by atoms with Gasteiger partial charge in [-0.1, -0.05) is 23.7 Å². The molecule has 0 spiro atoms. The molecule has 2 aliphatic carbocycles. The molecule has 2 saturated carbocycles. The number of rotatable bonds is 5. The highest BCUT2D eigenvalue weighted by Gasteiger charge is 2.62. The minimum Gasteiger partial charge on any atom is -0.454 e. The summed E-state index contributed by atoms with van der Waals surface area (Å²) in [6.07, 6.45) is 2.88. The number of ether oxygens (including phenoxy) is 1. The van der Waals surface area contributed by atoms with Gasteiger partial charge in [-0.2, -0.15) is 0 Å². The Hall–Kier alpha value is -2.41. The van der Waals surface area contributed by atoms with Gasteiger partial charge in [0.1, 0.15) is 6.04 Å². The second kappa shape index (κ2) is 7.20. The number of fused-ring (bicyclic) bond motifs is 5. The van der Waals surface area contributed by atoms with Crippen LogP contribution in [0.5, 0.6) is 0 Å². The molecule has 7 nitrogen and oxygen atoms in total. The van der Waals surface area contributed by atoms with Gasteiger partial charge in [-0.25, -0.2) is 4.79 Å². The average Bonchev–Trinajstić information content (AvgIpc) is 3.35. The Morgan fingerprint density at radius 1 is 1.18 bits per heavy atom. The van der Waals surface area contributed by atoms with Crippen LogP contribution >= 0.6 is 11.6 Å². The summed E-state index contributed by atoms with van der Waals surface area (Å²) in [7, 11) is 0. The number of amides is 3. The summed E-state index contributed by atoms with van der Waals surface area (Å²) in [5.41, 5.74) is 0.409. The second-order valence-electron chi connectivity index (χ2n) is 7.74. The molecular formula is C20H21ClN2O5. The molecule has 3 aliphatic rings. The van der Waals surface area contributed by atoms with Crippen molar-refractivity contribution in [1.29, 1.82) is 0 Å². The van der Waals surface area contributed by atoms with Crippen molar-refractivity contribution < 1.29 is 23.9 Å². The fraction of sp³-hybridized carbons (Fsp3) is 0.500. The third-order valence-corrected chi connectivity index (χ3v) is 6.51. The van der Waals surface area contributed by atoms with Gasteiger partial charge in [0.25, 0.3) is 5.91 Å². The van der Waals surface area contributed by atoms with Crippen molar-refractivity contribution >= 4 is 41.0 Å². The Balaban J connectivity index is 1.35. The molecule has 1 aliphatic heterocycles. The van der Waals surface area contributed by atoms with E-state index in [1.165, 1.54) is 6.92 Å². The lowest BCUT2D eigenvalue weighted by Crippen LogP contribution is -2.45. The van der Waals surface area contributed by atoms with E-state index in [4.69, 9.17) is 16.3 Å². The second-order valence-corrected chi connectivity index (χ2v) is 8.15. The highest BCUT2D eigenvalue weighted by molar-refractivity contribution is 6.33. The molecule has 1 heterocycles. The van der Waals surface area contributed by atoms with Crippen molar-refractivity contribution in [2.45, 2.75) is 32.2 Å². The molecular weight excluding hydrogens is 384 g/mol. The molecule has 5 atom stereocenters. The predicted molar refractivity (Wildman–Crippen MR) is 100 cm³/mol. The van der Waals surface area contributed by atoms with Gasteiger partial charge < -0.3 is 10.1 Å². The third kappa shape index (κ3) is 3.07. The topological polar surface area (TPSA) is 92.8 Å².